The first-order valence-electron chi connectivity index (χ1n) is 5.81. The highest BCUT2D eigenvalue weighted by atomic mass is 15.0. The lowest BCUT2D eigenvalue weighted by atomic mass is 10.2. The van der Waals surface area contributed by atoms with Crippen LogP contribution in [0.3, 0.4) is 0 Å². The van der Waals surface area contributed by atoms with E-state index in [-0.39, 0.29) is 0 Å². The fraction of sp³-hybridized carbons (Fsp3) is 0.462. The van der Waals surface area contributed by atoms with Crippen LogP contribution in [0, 0.1) is 0 Å². The first-order chi connectivity index (χ1) is 7.42. The third-order valence-electron chi connectivity index (χ3n) is 2.79. The summed E-state index contributed by atoms with van der Waals surface area (Å²) < 4.78 is 2.30. The van der Waals surface area contributed by atoms with Crippen molar-refractivity contribution >= 4 is 11.0 Å². The van der Waals surface area contributed by atoms with E-state index in [1.165, 1.54) is 31.2 Å². The molecule has 2 heteroatoms. The topological polar surface area (TPSA) is 17.8 Å². The van der Waals surface area contributed by atoms with E-state index >= 15 is 0 Å². The van der Waals surface area contributed by atoms with E-state index in [9.17, 15) is 0 Å². The van der Waals surface area contributed by atoms with Crippen LogP contribution in [0.2, 0.25) is 0 Å². The molecule has 0 aromatic carbocycles. The van der Waals surface area contributed by atoms with Crippen LogP contribution in [0.15, 0.2) is 30.6 Å². The second-order valence-electron chi connectivity index (χ2n) is 3.98. The molecular formula is C13H18N2. The standard InChI is InChI=1S/C13H18N2/c1-2-3-4-5-10-15-11-8-12-13(15)7-6-9-14-12/h6-9,11H,2-5,10H2,1H3. The molecule has 15 heavy (non-hydrogen) atoms. The molecule has 2 rings (SSSR count). The minimum Gasteiger partial charge on any atom is -0.346 e. The van der Waals surface area contributed by atoms with Crippen molar-refractivity contribution in [2.24, 2.45) is 0 Å². The van der Waals surface area contributed by atoms with E-state index in [2.05, 4.69) is 34.8 Å². The molecule has 0 aliphatic rings. The van der Waals surface area contributed by atoms with E-state index in [4.69, 9.17) is 0 Å². The Morgan fingerprint density at radius 2 is 2.13 bits per heavy atom. The fourth-order valence-electron chi connectivity index (χ4n) is 1.93. The van der Waals surface area contributed by atoms with Gasteiger partial charge in [0.15, 0.2) is 0 Å². The van der Waals surface area contributed by atoms with E-state index in [0.717, 1.165) is 12.1 Å². The molecule has 0 amide bonds. The number of fused-ring (bicyclic) bond motifs is 1. The molecule has 2 aromatic heterocycles. The van der Waals surface area contributed by atoms with Crippen molar-refractivity contribution in [3.8, 4) is 0 Å². The van der Waals surface area contributed by atoms with Gasteiger partial charge in [-0.15, -0.1) is 0 Å². The van der Waals surface area contributed by atoms with Gasteiger partial charge >= 0.3 is 0 Å². The summed E-state index contributed by atoms with van der Waals surface area (Å²) in [5.41, 5.74) is 2.36. The van der Waals surface area contributed by atoms with Crippen LogP contribution in [-0.4, -0.2) is 9.55 Å². The maximum absolute atomic E-state index is 4.33. The molecule has 2 nitrogen and oxygen atoms in total. The second kappa shape index (κ2) is 4.96. The van der Waals surface area contributed by atoms with E-state index < -0.39 is 0 Å². The number of hydrogen-bond donors (Lipinski definition) is 0. The zero-order valence-corrected chi connectivity index (χ0v) is 9.32. The molecule has 0 bridgehead atoms. The van der Waals surface area contributed by atoms with Crippen LogP contribution in [0.5, 0.6) is 0 Å². The molecule has 2 heterocycles. The Kier molecular flexibility index (Phi) is 3.38. The van der Waals surface area contributed by atoms with Gasteiger partial charge in [0.25, 0.3) is 0 Å². The third-order valence-corrected chi connectivity index (χ3v) is 2.79. The zero-order valence-electron chi connectivity index (χ0n) is 9.32. The normalized spacial score (nSPS) is 11.0. The average molecular weight is 202 g/mol. The number of hydrogen-bond acceptors (Lipinski definition) is 1. The molecule has 2 aromatic rings. The minimum atomic E-state index is 1.10. The lowest BCUT2D eigenvalue weighted by Gasteiger charge is -2.04. The summed E-state index contributed by atoms with van der Waals surface area (Å²) in [6, 6.07) is 6.24. The molecule has 0 radical (unpaired) electrons. The van der Waals surface area contributed by atoms with Crippen molar-refractivity contribution in [2.75, 3.05) is 0 Å². The summed E-state index contributed by atoms with van der Waals surface area (Å²) in [4.78, 5) is 4.33. The van der Waals surface area contributed by atoms with Crippen molar-refractivity contribution in [1.82, 2.24) is 9.55 Å². The van der Waals surface area contributed by atoms with Gasteiger partial charge in [0.05, 0.1) is 11.0 Å². The number of pyridine rings is 1. The number of unbranched alkanes of at least 4 members (excludes halogenated alkanes) is 3. The van der Waals surface area contributed by atoms with Crippen LogP contribution < -0.4 is 0 Å². The SMILES string of the molecule is CCCCCCn1ccc2ncccc21. The summed E-state index contributed by atoms with van der Waals surface area (Å²) in [5, 5.41) is 0. The highest BCUT2D eigenvalue weighted by Crippen LogP contribution is 2.13. The Hall–Kier alpha value is -1.31. The lowest BCUT2D eigenvalue weighted by Crippen LogP contribution is -1.95. The highest BCUT2D eigenvalue weighted by Gasteiger charge is 1.99. The van der Waals surface area contributed by atoms with Crippen LogP contribution in [0.1, 0.15) is 32.6 Å². The van der Waals surface area contributed by atoms with Gasteiger partial charge in [-0.2, -0.15) is 0 Å². The predicted octanol–water partition coefficient (Wildman–Crippen LogP) is 3.62. The van der Waals surface area contributed by atoms with E-state index in [1.807, 2.05) is 12.3 Å². The molecular weight excluding hydrogens is 184 g/mol. The van der Waals surface area contributed by atoms with Gasteiger partial charge in [0.1, 0.15) is 0 Å². The molecule has 0 saturated carbocycles. The van der Waals surface area contributed by atoms with Crippen molar-refractivity contribution in [2.45, 2.75) is 39.2 Å². The number of aryl methyl sites for hydroxylation is 1. The minimum absolute atomic E-state index is 1.10. The molecule has 0 spiro atoms. The van der Waals surface area contributed by atoms with Crippen molar-refractivity contribution in [3.63, 3.8) is 0 Å². The molecule has 80 valence electrons. The first-order valence-corrected chi connectivity index (χ1v) is 5.81. The maximum atomic E-state index is 4.33. The van der Waals surface area contributed by atoms with Gasteiger partial charge in [-0.3, -0.25) is 4.98 Å². The van der Waals surface area contributed by atoms with Crippen molar-refractivity contribution in [1.29, 1.82) is 0 Å². The van der Waals surface area contributed by atoms with Gasteiger partial charge < -0.3 is 4.57 Å². The molecule has 0 atom stereocenters. The number of nitrogens with zero attached hydrogens (tertiary/aromatic N) is 2. The summed E-state index contributed by atoms with van der Waals surface area (Å²) in [6.45, 7) is 3.37. The quantitative estimate of drug-likeness (QED) is 0.677. The Labute approximate surface area is 90.9 Å². The predicted molar refractivity (Wildman–Crippen MR) is 63.9 cm³/mol. The van der Waals surface area contributed by atoms with Crippen LogP contribution in [-0.2, 0) is 6.54 Å². The second-order valence-corrected chi connectivity index (χ2v) is 3.98. The Balaban J connectivity index is 2.02. The summed E-state index contributed by atoms with van der Waals surface area (Å²) in [5.74, 6) is 0. The van der Waals surface area contributed by atoms with Gasteiger partial charge in [0, 0.05) is 18.9 Å². The molecule has 0 N–H and O–H groups in total. The number of aromatic nitrogens is 2. The lowest BCUT2D eigenvalue weighted by molar-refractivity contribution is 0.593. The van der Waals surface area contributed by atoms with Gasteiger partial charge in [-0.25, -0.2) is 0 Å². The molecule has 0 fully saturated rings. The Bertz CT molecular complexity index is 417. The molecule has 0 unspecified atom stereocenters. The third kappa shape index (κ3) is 2.38. The van der Waals surface area contributed by atoms with Crippen LogP contribution >= 0.6 is 0 Å². The van der Waals surface area contributed by atoms with Crippen LogP contribution in [0.4, 0.5) is 0 Å². The monoisotopic (exact) mass is 202 g/mol. The van der Waals surface area contributed by atoms with E-state index in [0.29, 0.717) is 0 Å². The molecule has 0 aliphatic heterocycles. The zero-order chi connectivity index (χ0) is 10.5. The highest BCUT2D eigenvalue weighted by molar-refractivity contribution is 5.75. The maximum Gasteiger partial charge on any atom is 0.0880 e. The fourth-order valence-corrected chi connectivity index (χ4v) is 1.93. The molecule has 0 aliphatic carbocycles. The van der Waals surface area contributed by atoms with Crippen LogP contribution in [0.25, 0.3) is 11.0 Å². The van der Waals surface area contributed by atoms with Gasteiger partial charge in [-0.1, -0.05) is 26.2 Å². The van der Waals surface area contributed by atoms with E-state index in [1.54, 1.807) is 0 Å². The van der Waals surface area contributed by atoms with Crippen molar-refractivity contribution in [3.05, 3.63) is 30.6 Å². The van der Waals surface area contributed by atoms with Gasteiger partial charge in [0.2, 0.25) is 0 Å². The summed E-state index contributed by atoms with van der Waals surface area (Å²) >= 11 is 0. The summed E-state index contributed by atoms with van der Waals surface area (Å²) in [7, 11) is 0. The smallest absolute Gasteiger partial charge is 0.0880 e. The number of rotatable bonds is 5. The molecule has 0 saturated heterocycles. The Morgan fingerprint density at radius 3 is 3.00 bits per heavy atom. The van der Waals surface area contributed by atoms with Crippen molar-refractivity contribution < 1.29 is 0 Å². The Morgan fingerprint density at radius 1 is 1.20 bits per heavy atom. The largest absolute Gasteiger partial charge is 0.346 e. The van der Waals surface area contributed by atoms with Gasteiger partial charge in [-0.05, 0) is 24.6 Å². The average Bonchev–Trinajstić information content (AvgIpc) is 2.68. The first kappa shape index (κ1) is 10.2. The summed E-state index contributed by atoms with van der Waals surface area (Å²) in [6.07, 6.45) is 9.24.